The summed E-state index contributed by atoms with van der Waals surface area (Å²) in [6, 6.07) is -0.673. The van der Waals surface area contributed by atoms with Crippen LogP contribution in [0.3, 0.4) is 0 Å². The van der Waals surface area contributed by atoms with E-state index in [4.69, 9.17) is 0 Å². The summed E-state index contributed by atoms with van der Waals surface area (Å²) in [7, 11) is 1.32. The van der Waals surface area contributed by atoms with Gasteiger partial charge in [0.25, 0.3) is 0 Å². The molecule has 0 aromatic rings. The lowest BCUT2D eigenvalue weighted by atomic mass is 10.1. The Kier molecular flexibility index (Phi) is 7.08. The molecule has 1 saturated heterocycles. The van der Waals surface area contributed by atoms with E-state index in [1.165, 1.54) is 7.11 Å². The van der Waals surface area contributed by atoms with Crippen molar-refractivity contribution in [3.05, 3.63) is 0 Å². The number of methoxy groups -OCH3 is 1. The predicted molar refractivity (Wildman–Crippen MR) is 62.5 cm³/mol. The molecule has 0 spiro atoms. The van der Waals surface area contributed by atoms with Crippen LogP contribution in [0.15, 0.2) is 0 Å². The maximum atomic E-state index is 11.7. The molecule has 6 heteroatoms. The third kappa shape index (κ3) is 3.98. The van der Waals surface area contributed by atoms with Crippen LogP contribution in [-0.4, -0.2) is 37.6 Å². The van der Waals surface area contributed by atoms with Crippen LogP contribution in [0.5, 0.6) is 0 Å². The van der Waals surface area contributed by atoms with E-state index in [1.807, 2.05) is 6.92 Å². The van der Waals surface area contributed by atoms with Gasteiger partial charge < -0.3 is 15.4 Å². The number of ether oxygens (including phenoxy) is 1. The first-order valence-corrected chi connectivity index (χ1v) is 5.30. The molecule has 1 fully saturated rings. The Morgan fingerprint density at radius 1 is 1.56 bits per heavy atom. The minimum atomic E-state index is -0.523. The fraction of sp³-hybridized carbons (Fsp3) is 0.800. The molecular weight excluding hydrogens is 232 g/mol. The smallest absolute Gasteiger partial charge is 0.328 e. The topological polar surface area (TPSA) is 67.4 Å². The first-order valence-electron chi connectivity index (χ1n) is 5.30. The maximum Gasteiger partial charge on any atom is 0.328 e. The molecule has 0 bridgehead atoms. The van der Waals surface area contributed by atoms with Gasteiger partial charge in [0, 0.05) is 0 Å². The highest BCUT2D eigenvalue weighted by molar-refractivity contribution is 5.87. The van der Waals surface area contributed by atoms with Crippen molar-refractivity contribution in [3.8, 4) is 0 Å². The van der Waals surface area contributed by atoms with E-state index in [1.54, 1.807) is 0 Å². The standard InChI is InChI=1S/C10H18N2O3.ClH/c1-3-7(10(14)15-2)12-9(13)8-5-4-6-11-8;/h7-8,11H,3-6H2,1-2H3,(H,12,13);1H/t7?,8-;/m0./s1. The lowest BCUT2D eigenvalue weighted by Crippen LogP contribution is -2.48. The fourth-order valence-corrected chi connectivity index (χ4v) is 1.65. The van der Waals surface area contributed by atoms with Crippen molar-refractivity contribution in [3.63, 3.8) is 0 Å². The lowest BCUT2D eigenvalue weighted by Gasteiger charge is -2.17. The number of carbonyl (C=O) groups is 2. The minimum Gasteiger partial charge on any atom is -0.467 e. The highest BCUT2D eigenvalue weighted by Gasteiger charge is 2.26. The number of esters is 1. The fourth-order valence-electron chi connectivity index (χ4n) is 1.65. The van der Waals surface area contributed by atoms with Crippen LogP contribution >= 0.6 is 12.4 Å². The van der Waals surface area contributed by atoms with Crippen molar-refractivity contribution in [2.24, 2.45) is 0 Å². The van der Waals surface area contributed by atoms with Crippen molar-refractivity contribution >= 4 is 24.3 Å². The molecule has 0 saturated carbocycles. The van der Waals surface area contributed by atoms with Gasteiger partial charge in [-0.1, -0.05) is 6.92 Å². The Bertz CT molecular complexity index is 242. The first kappa shape index (κ1) is 15.2. The number of amides is 1. The molecule has 0 aliphatic carbocycles. The van der Waals surface area contributed by atoms with Gasteiger partial charge in [0.1, 0.15) is 6.04 Å². The van der Waals surface area contributed by atoms with Crippen LogP contribution in [-0.2, 0) is 14.3 Å². The summed E-state index contributed by atoms with van der Waals surface area (Å²) in [5.74, 6) is -0.492. The molecule has 0 radical (unpaired) electrons. The number of nitrogens with one attached hydrogen (secondary N) is 2. The molecule has 16 heavy (non-hydrogen) atoms. The van der Waals surface area contributed by atoms with Gasteiger partial charge in [-0.3, -0.25) is 4.79 Å². The van der Waals surface area contributed by atoms with Gasteiger partial charge in [0.2, 0.25) is 5.91 Å². The number of hydrogen-bond donors (Lipinski definition) is 2. The van der Waals surface area contributed by atoms with Gasteiger partial charge in [-0.05, 0) is 25.8 Å². The summed E-state index contributed by atoms with van der Waals surface area (Å²) < 4.78 is 4.59. The molecule has 1 heterocycles. The summed E-state index contributed by atoms with van der Waals surface area (Å²) in [6.45, 7) is 2.71. The van der Waals surface area contributed by atoms with Crippen molar-refractivity contribution in [1.82, 2.24) is 10.6 Å². The highest BCUT2D eigenvalue weighted by Crippen LogP contribution is 2.05. The van der Waals surface area contributed by atoms with Crippen LogP contribution in [0, 0.1) is 0 Å². The van der Waals surface area contributed by atoms with Crippen molar-refractivity contribution in [2.75, 3.05) is 13.7 Å². The Hall–Kier alpha value is -0.810. The van der Waals surface area contributed by atoms with Gasteiger partial charge in [-0.25, -0.2) is 4.79 Å². The molecule has 1 aliphatic heterocycles. The monoisotopic (exact) mass is 250 g/mol. The van der Waals surface area contributed by atoms with Gasteiger partial charge in [-0.15, -0.1) is 12.4 Å². The number of carbonyl (C=O) groups excluding carboxylic acids is 2. The molecule has 2 N–H and O–H groups in total. The second-order valence-electron chi connectivity index (χ2n) is 3.64. The molecule has 1 aliphatic rings. The maximum absolute atomic E-state index is 11.7. The van der Waals surface area contributed by atoms with Crippen molar-refractivity contribution < 1.29 is 14.3 Å². The third-order valence-corrected chi connectivity index (χ3v) is 2.59. The van der Waals surface area contributed by atoms with E-state index in [0.717, 1.165) is 19.4 Å². The van der Waals surface area contributed by atoms with Gasteiger partial charge in [0.05, 0.1) is 13.2 Å². The summed E-state index contributed by atoms with van der Waals surface area (Å²) in [6.07, 6.45) is 2.39. The number of hydrogen-bond acceptors (Lipinski definition) is 4. The third-order valence-electron chi connectivity index (χ3n) is 2.59. The average Bonchev–Trinajstić information content (AvgIpc) is 2.77. The Labute approximate surface area is 102 Å². The molecule has 2 atom stereocenters. The van der Waals surface area contributed by atoms with Crippen LogP contribution in [0.1, 0.15) is 26.2 Å². The van der Waals surface area contributed by atoms with Crippen molar-refractivity contribution in [1.29, 1.82) is 0 Å². The van der Waals surface area contributed by atoms with Crippen LogP contribution in [0.25, 0.3) is 0 Å². The second-order valence-corrected chi connectivity index (χ2v) is 3.64. The van der Waals surface area contributed by atoms with Crippen molar-refractivity contribution in [2.45, 2.75) is 38.3 Å². The van der Waals surface area contributed by atoms with E-state index in [0.29, 0.717) is 6.42 Å². The van der Waals surface area contributed by atoms with E-state index < -0.39 is 6.04 Å². The molecule has 1 unspecified atom stereocenters. The van der Waals surface area contributed by atoms with Crippen LogP contribution in [0.4, 0.5) is 0 Å². The first-order chi connectivity index (χ1) is 7.19. The van der Waals surface area contributed by atoms with Crippen LogP contribution < -0.4 is 10.6 Å². The van der Waals surface area contributed by atoms with E-state index in [-0.39, 0.29) is 30.3 Å². The molecule has 0 aromatic carbocycles. The minimum absolute atomic E-state index is 0. The summed E-state index contributed by atoms with van der Waals surface area (Å²) in [5, 5.41) is 5.76. The summed E-state index contributed by atoms with van der Waals surface area (Å²) >= 11 is 0. The summed E-state index contributed by atoms with van der Waals surface area (Å²) in [5.41, 5.74) is 0. The predicted octanol–water partition coefficient (Wildman–Crippen LogP) is 0.228. The lowest BCUT2D eigenvalue weighted by molar-refractivity contribution is -0.145. The largest absolute Gasteiger partial charge is 0.467 e. The molecular formula is C10H19ClN2O3. The zero-order chi connectivity index (χ0) is 11.3. The van der Waals surface area contributed by atoms with Gasteiger partial charge >= 0.3 is 5.97 Å². The Morgan fingerprint density at radius 3 is 2.69 bits per heavy atom. The Balaban J connectivity index is 0.00000225. The molecule has 0 aromatic heterocycles. The van der Waals surface area contributed by atoms with E-state index in [9.17, 15) is 9.59 Å². The molecule has 1 rings (SSSR count). The number of rotatable bonds is 4. The quantitative estimate of drug-likeness (QED) is 0.701. The SMILES string of the molecule is CCC(NC(=O)[C@@H]1CCCN1)C(=O)OC.Cl. The normalized spacial score (nSPS) is 20.8. The van der Waals surface area contributed by atoms with Gasteiger partial charge in [0.15, 0.2) is 0 Å². The highest BCUT2D eigenvalue weighted by atomic mass is 35.5. The zero-order valence-corrected chi connectivity index (χ0v) is 10.4. The van der Waals surface area contributed by atoms with Crippen LogP contribution in [0.2, 0.25) is 0 Å². The van der Waals surface area contributed by atoms with E-state index >= 15 is 0 Å². The molecule has 94 valence electrons. The average molecular weight is 251 g/mol. The zero-order valence-electron chi connectivity index (χ0n) is 9.62. The second kappa shape index (κ2) is 7.46. The van der Waals surface area contributed by atoms with E-state index in [2.05, 4.69) is 15.4 Å². The number of halogens is 1. The molecule has 5 nitrogen and oxygen atoms in total. The molecule has 1 amide bonds. The summed E-state index contributed by atoms with van der Waals surface area (Å²) in [4.78, 5) is 22.9. The Morgan fingerprint density at radius 2 is 2.25 bits per heavy atom. The van der Waals surface area contributed by atoms with Gasteiger partial charge in [-0.2, -0.15) is 0 Å².